The van der Waals surface area contributed by atoms with Crippen LogP contribution in [0.15, 0.2) is 16.3 Å². The highest BCUT2D eigenvalue weighted by molar-refractivity contribution is 7.08. The Kier molecular flexibility index (Phi) is 3.10. The van der Waals surface area contributed by atoms with Gasteiger partial charge in [0.15, 0.2) is 0 Å². The standard InChI is InChI=1S/C10H12N2S/c1-3-8(4-11)10(12)9-6-13-5-7(9)2/h5-6H,3,12H2,1-2H3/b10-8-. The zero-order valence-electron chi connectivity index (χ0n) is 7.79. The number of nitrogens with two attached hydrogens (primary N) is 1. The molecule has 3 heteroatoms. The number of rotatable bonds is 2. The molecule has 0 aliphatic rings. The van der Waals surface area contributed by atoms with Gasteiger partial charge in [-0.1, -0.05) is 6.92 Å². The summed E-state index contributed by atoms with van der Waals surface area (Å²) >= 11 is 1.61. The minimum atomic E-state index is 0.628. The lowest BCUT2D eigenvalue weighted by atomic mass is 10.1. The monoisotopic (exact) mass is 192 g/mol. The third-order valence-corrected chi connectivity index (χ3v) is 2.82. The molecule has 0 radical (unpaired) electrons. The summed E-state index contributed by atoms with van der Waals surface area (Å²) in [6.45, 7) is 3.94. The van der Waals surface area contributed by atoms with Gasteiger partial charge in [-0.2, -0.15) is 16.6 Å². The van der Waals surface area contributed by atoms with Crippen molar-refractivity contribution in [3.63, 3.8) is 0 Å². The van der Waals surface area contributed by atoms with Crippen molar-refractivity contribution in [1.29, 1.82) is 5.26 Å². The summed E-state index contributed by atoms with van der Waals surface area (Å²) < 4.78 is 0. The van der Waals surface area contributed by atoms with E-state index in [1.165, 1.54) is 0 Å². The average Bonchev–Trinajstić information content (AvgIpc) is 2.53. The molecule has 1 heterocycles. The minimum Gasteiger partial charge on any atom is -0.397 e. The van der Waals surface area contributed by atoms with Crippen LogP contribution in [-0.2, 0) is 0 Å². The van der Waals surface area contributed by atoms with Crippen LogP contribution in [0.3, 0.4) is 0 Å². The predicted octanol–water partition coefficient (Wildman–Crippen LogP) is 2.66. The van der Waals surface area contributed by atoms with Crippen LogP contribution in [0, 0.1) is 18.3 Å². The fraction of sp³-hybridized carbons (Fsp3) is 0.300. The number of hydrogen-bond acceptors (Lipinski definition) is 3. The zero-order chi connectivity index (χ0) is 9.84. The summed E-state index contributed by atoms with van der Waals surface area (Å²) in [4.78, 5) is 0. The lowest BCUT2D eigenvalue weighted by molar-refractivity contribution is 1.14. The molecular weight excluding hydrogens is 180 g/mol. The zero-order valence-corrected chi connectivity index (χ0v) is 8.61. The van der Waals surface area contributed by atoms with Gasteiger partial charge in [0.2, 0.25) is 0 Å². The Morgan fingerprint density at radius 3 is 2.69 bits per heavy atom. The molecule has 1 rings (SSSR count). The Bertz CT molecular complexity index is 369. The third kappa shape index (κ3) is 1.90. The van der Waals surface area contributed by atoms with E-state index in [2.05, 4.69) is 6.07 Å². The second-order valence-electron chi connectivity index (χ2n) is 2.83. The Labute approximate surface area is 82.3 Å². The molecule has 0 spiro atoms. The Morgan fingerprint density at radius 1 is 1.62 bits per heavy atom. The molecule has 13 heavy (non-hydrogen) atoms. The summed E-state index contributed by atoms with van der Waals surface area (Å²) in [6.07, 6.45) is 0.692. The number of nitrogens with zero attached hydrogens (tertiary/aromatic N) is 1. The third-order valence-electron chi connectivity index (χ3n) is 1.96. The first-order chi connectivity index (χ1) is 6.20. The molecule has 0 aliphatic carbocycles. The summed E-state index contributed by atoms with van der Waals surface area (Å²) in [7, 11) is 0. The van der Waals surface area contributed by atoms with Crippen LogP contribution in [0.5, 0.6) is 0 Å². The summed E-state index contributed by atoms with van der Waals surface area (Å²) in [5, 5.41) is 12.8. The SMILES string of the molecule is CC/C(C#N)=C(/N)c1cscc1C. The topological polar surface area (TPSA) is 49.8 Å². The lowest BCUT2D eigenvalue weighted by Gasteiger charge is -2.02. The maximum atomic E-state index is 8.80. The van der Waals surface area contributed by atoms with Gasteiger partial charge in [-0.05, 0) is 24.3 Å². The molecule has 1 aromatic heterocycles. The Morgan fingerprint density at radius 2 is 2.31 bits per heavy atom. The van der Waals surface area contributed by atoms with Crippen molar-refractivity contribution in [3.8, 4) is 6.07 Å². The molecule has 0 bridgehead atoms. The van der Waals surface area contributed by atoms with E-state index in [-0.39, 0.29) is 0 Å². The molecule has 0 unspecified atom stereocenters. The highest BCUT2D eigenvalue weighted by atomic mass is 32.1. The number of aryl methyl sites for hydroxylation is 1. The van der Waals surface area contributed by atoms with Crippen LogP contribution >= 0.6 is 11.3 Å². The molecule has 0 amide bonds. The highest BCUT2D eigenvalue weighted by Crippen LogP contribution is 2.22. The smallest absolute Gasteiger partial charge is 0.0968 e. The van der Waals surface area contributed by atoms with Crippen LogP contribution in [0.1, 0.15) is 24.5 Å². The fourth-order valence-corrected chi connectivity index (χ4v) is 1.98. The van der Waals surface area contributed by atoms with Gasteiger partial charge in [-0.15, -0.1) is 0 Å². The summed E-state index contributed by atoms with van der Waals surface area (Å²) in [5.74, 6) is 0. The minimum absolute atomic E-state index is 0.628. The number of thiophene rings is 1. The van der Waals surface area contributed by atoms with E-state index in [4.69, 9.17) is 11.0 Å². The highest BCUT2D eigenvalue weighted by Gasteiger charge is 2.06. The van der Waals surface area contributed by atoms with Crippen molar-refractivity contribution >= 4 is 17.0 Å². The second-order valence-corrected chi connectivity index (χ2v) is 3.57. The van der Waals surface area contributed by atoms with Crippen molar-refractivity contribution in [2.45, 2.75) is 20.3 Å². The fourth-order valence-electron chi connectivity index (χ4n) is 1.13. The summed E-state index contributed by atoms with van der Waals surface area (Å²) in [5.41, 5.74) is 9.31. The van der Waals surface area contributed by atoms with Gasteiger partial charge in [-0.25, -0.2) is 0 Å². The molecule has 0 saturated carbocycles. The molecule has 1 aromatic rings. The first kappa shape index (κ1) is 9.82. The van der Waals surface area contributed by atoms with E-state index in [0.717, 1.165) is 11.1 Å². The quantitative estimate of drug-likeness (QED) is 0.732. The van der Waals surface area contributed by atoms with Crippen molar-refractivity contribution < 1.29 is 0 Å². The molecule has 0 aliphatic heterocycles. The van der Waals surface area contributed by atoms with Gasteiger partial charge < -0.3 is 5.73 Å². The van der Waals surface area contributed by atoms with Crippen LogP contribution in [0.4, 0.5) is 0 Å². The Hall–Kier alpha value is -1.27. The van der Waals surface area contributed by atoms with Gasteiger partial charge in [0, 0.05) is 10.9 Å². The lowest BCUT2D eigenvalue weighted by Crippen LogP contribution is -2.00. The van der Waals surface area contributed by atoms with E-state index in [0.29, 0.717) is 17.7 Å². The number of nitriles is 1. The van der Waals surface area contributed by atoms with E-state index in [9.17, 15) is 0 Å². The van der Waals surface area contributed by atoms with Crippen molar-refractivity contribution in [2.24, 2.45) is 5.73 Å². The second kappa shape index (κ2) is 4.11. The molecule has 68 valence electrons. The number of allylic oxidation sites excluding steroid dienone is 1. The molecule has 0 atom stereocenters. The van der Waals surface area contributed by atoms with E-state index in [1.807, 2.05) is 24.6 Å². The predicted molar refractivity (Wildman–Crippen MR) is 56.1 cm³/mol. The molecule has 0 saturated heterocycles. The van der Waals surface area contributed by atoms with Crippen molar-refractivity contribution in [1.82, 2.24) is 0 Å². The van der Waals surface area contributed by atoms with Crippen LogP contribution in [-0.4, -0.2) is 0 Å². The first-order valence-electron chi connectivity index (χ1n) is 4.12. The molecule has 0 fully saturated rings. The normalized spacial score (nSPS) is 12.1. The largest absolute Gasteiger partial charge is 0.397 e. The van der Waals surface area contributed by atoms with Gasteiger partial charge in [0.1, 0.15) is 0 Å². The van der Waals surface area contributed by atoms with E-state index >= 15 is 0 Å². The molecule has 2 N–H and O–H groups in total. The molecular formula is C10H12N2S. The van der Waals surface area contributed by atoms with Crippen molar-refractivity contribution in [3.05, 3.63) is 27.5 Å². The van der Waals surface area contributed by atoms with Crippen LogP contribution in [0.25, 0.3) is 5.70 Å². The van der Waals surface area contributed by atoms with Crippen LogP contribution in [0.2, 0.25) is 0 Å². The maximum absolute atomic E-state index is 8.80. The average molecular weight is 192 g/mol. The van der Waals surface area contributed by atoms with Crippen molar-refractivity contribution in [2.75, 3.05) is 0 Å². The van der Waals surface area contributed by atoms with Gasteiger partial charge in [0.25, 0.3) is 0 Å². The number of hydrogen-bond donors (Lipinski definition) is 1. The van der Waals surface area contributed by atoms with Gasteiger partial charge >= 0.3 is 0 Å². The van der Waals surface area contributed by atoms with Gasteiger partial charge in [-0.3, -0.25) is 0 Å². The van der Waals surface area contributed by atoms with Gasteiger partial charge in [0.05, 0.1) is 17.3 Å². The molecule has 2 nitrogen and oxygen atoms in total. The van der Waals surface area contributed by atoms with E-state index in [1.54, 1.807) is 11.3 Å². The van der Waals surface area contributed by atoms with E-state index < -0.39 is 0 Å². The summed E-state index contributed by atoms with van der Waals surface area (Å²) in [6, 6.07) is 2.13. The maximum Gasteiger partial charge on any atom is 0.0968 e. The Balaban J connectivity index is 3.17. The van der Waals surface area contributed by atoms with Crippen LogP contribution < -0.4 is 5.73 Å². The molecule has 0 aromatic carbocycles. The first-order valence-corrected chi connectivity index (χ1v) is 5.06.